The normalized spacial score (nSPS) is 17.1. The highest BCUT2D eigenvalue weighted by atomic mass is 32.1. The molecule has 6 aliphatic rings. The maximum atomic E-state index is 13.1. The molecule has 0 radical (unpaired) electrons. The number of hydrogen-bond donors (Lipinski definition) is 5. The molecule has 82 heavy (non-hydrogen) atoms. The number of amides is 3. The summed E-state index contributed by atoms with van der Waals surface area (Å²) in [5.74, 6) is -3.16. The number of anilines is 2. The summed E-state index contributed by atoms with van der Waals surface area (Å²) in [5.41, 5.74) is 12.3. The van der Waals surface area contributed by atoms with Crippen LogP contribution in [0.15, 0.2) is 91.3 Å². The largest absolute Gasteiger partial charge is 0.490 e. The van der Waals surface area contributed by atoms with Crippen molar-refractivity contribution in [3.8, 4) is 0 Å². The van der Waals surface area contributed by atoms with Gasteiger partial charge in [-0.1, -0.05) is 6.07 Å². The van der Waals surface area contributed by atoms with Crippen LogP contribution in [0, 0.1) is 13.8 Å². The van der Waals surface area contributed by atoms with Crippen molar-refractivity contribution in [3.05, 3.63) is 158 Å². The summed E-state index contributed by atoms with van der Waals surface area (Å²) in [7, 11) is 0. The van der Waals surface area contributed by atoms with E-state index in [0.29, 0.717) is 66.1 Å². The molecule has 0 spiro atoms. The quantitative estimate of drug-likeness (QED) is 0.0576. The standard InChI is InChI=1S/C29H31N5O3S.C29H33N5O2S.C2HF3O2/c1-17-6-12-38-25(17)13-18(2)31-22-5-7-30-27(35)26(22)24-15-19-14-20-21(16-23(19)32-24)29(37)34(28(20)36)11-10-33-8-3-4-9-33;1-18-6-12-37-26(18)13-19(2)31-23-5-7-30-28(35)27(23)25-15-20-14-21-17-34(11-10-33-8-3-4-9-33)29(36)22(21)16-24(20)32-25;3-2(4,5)1(6)7/h5-7,12,14,16,18H,3-4,8-11,13,15H2,1-2H3,(H2,30,31,35);5-7,12,14,16,19H,3-4,8-11,13,15,17H2,1-2H3,(H2,30,31,35);(H,6,7)/t18-;19-;/m00./s1. The lowest BCUT2D eigenvalue weighted by atomic mass is 10.00. The van der Waals surface area contributed by atoms with Crippen LogP contribution in [0.1, 0.15) is 119 Å². The third-order valence-electron chi connectivity index (χ3n) is 15.8. The van der Waals surface area contributed by atoms with Crippen LogP contribution in [0.5, 0.6) is 0 Å². The Labute approximate surface area is 480 Å². The summed E-state index contributed by atoms with van der Waals surface area (Å²) in [6.45, 7) is 16.3. The Bertz CT molecular complexity index is 3630. The van der Waals surface area contributed by atoms with E-state index in [2.05, 4.69) is 87.1 Å². The number of nitrogens with one attached hydrogen (secondary N) is 4. The van der Waals surface area contributed by atoms with Crippen molar-refractivity contribution in [2.24, 2.45) is 9.98 Å². The molecule has 2 aromatic carbocycles. The van der Waals surface area contributed by atoms with Crippen molar-refractivity contribution in [2.75, 3.05) is 63.0 Å². The Morgan fingerprint density at radius 2 is 1.09 bits per heavy atom. The second-order valence-corrected chi connectivity index (χ2v) is 23.8. The number of halogens is 3. The topological polar surface area (TPSA) is 216 Å². The lowest BCUT2D eigenvalue weighted by Crippen LogP contribution is -2.37. The van der Waals surface area contributed by atoms with Crippen LogP contribution in [-0.4, -0.2) is 140 Å². The third-order valence-corrected chi connectivity index (χ3v) is 17.9. The van der Waals surface area contributed by atoms with Gasteiger partial charge in [0.1, 0.15) is 0 Å². The zero-order valence-electron chi connectivity index (χ0n) is 46.1. The van der Waals surface area contributed by atoms with Crippen LogP contribution in [0.3, 0.4) is 0 Å². The maximum Gasteiger partial charge on any atom is 0.490 e. The molecule has 0 saturated carbocycles. The third kappa shape index (κ3) is 12.7. The van der Waals surface area contributed by atoms with Crippen molar-refractivity contribution >= 4 is 80.5 Å². The Morgan fingerprint density at radius 3 is 1.55 bits per heavy atom. The minimum Gasteiger partial charge on any atom is -0.475 e. The van der Waals surface area contributed by atoms with Crippen LogP contribution >= 0.6 is 22.7 Å². The summed E-state index contributed by atoms with van der Waals surface area (Å²) in [4.78, 5) is 100. The number of thiophene rings is 2. The monoisotopic (exact) mass is 1160 g/mol. The zero-order chi connectivity index (χ0) is 58.0. The fourth-order valence-corrected chi connectivity index (χ4v) is 13.5. The Hall–Kier alpha value is -7.53. The number of aromatic amines is 2. The Balaban J connectivity index is 0.000000165. The molecule has 430 valence electrons. The van der Waals surface area contributed by atoms with Gasteiger partial charge < -0.3 is 40.4 Å². The van der Waals surface area contributed by atoms with Gasteiger partial charge in [0.2, 0.25) is 0 Å². The number of rotatable bonds is 16. The Morgan fingerprint density at radius 1 is 0.634 bits per heavy atom. The number of fused-ring (bicyclic) bond motifs is 4. The molecule has 0 aliphatic carbocycles. The van der Waals surface area contributed by atoms with Crippen LogP contribution in [0.25, 0.3) is 0 Å². The number of carbonyl (C=O) groups excluding carboxylic acids is 3. The van der Waals surface area contributed by atoms with E-state index in [9.17, 15) is 37.1 Å². The summed E-state index contributed by atoms with van der Waals surface area (Å²) in [5, 5.41) is 18.4. The van der Waals surface area contributed by atoms with Crippen molar-refractivity contribution in [3.63, 3.8) is 0 Å². The molecule has 10 heterocycles. The summed E-state index contributed by atoms with van der Waals surface area (Å²) in [6.07, 6.45) is 5.87. The molecule has 0 bridgehead atoms. The first-order valence-electron chi connectivity index (χ1n) is 27.7. The number of nitrogens with zero attached hydrogens (tertiary/aromatic N) is 6. The number of likely N-dealkylation sites (tertiary alicyclic amines) is 2. The van der Waals surface area contributed by atoms with Gasteiger partial charge in [-0.2, -0.15) is 13.2 Å². The Kier molecular flexibility index (Phi) is 17.2. The van der Waals surface area contributed by atoms with Gasteiger partial charge >= 0.3 is 12.1 Å². The summed E-state index contributed by atoms with van der Waals surface area (Å²) >= 11 is 3.51. The van der Waals surface area contributed by atoms with Gasteiger partial charge in [-0.05, 0) is 161 Å². The molecule has 2 atom stereocenters. The van der Waals surface area contributed by atoms with Gasteiger partial charge in [-0.25, -0.2) is 4.79 Å². The second-order valence-electron chi connectivity index (χ2n) is 21.8. The van der Waals surface area contributed by atoms with Crippen LogP contribution in [0.2, 0.25) is 0 Å². The number of carbonyl (C=O) groups is 4. The highest BCUT2D eigenvalue weighted by molar-refractivity contribution is 7.10. The number of aromatic nitrogens is 2. The van der Waals surface area contributed by atoms with Gasteiger partial charge in [-0.3, -0.25) is 38.9 Å². The number of carboxylic acid groups (broad SMARTS) is 1. The number of benzene rings is 2. The molecular formula is C60H65F3N10O7S2. The zero-order valence-corrected chi connectivity index (χ0v) is 47.8. The highest BCUT2D eigenvalue weighted by Crippen LogP contribution is 2.38. The lowest BCUT2D eigenvalue weighted by molar-refractivity contribution is -0.192. The maximum absolute atomic E-state index is 13.1. The number of H-pyrrole nitrogens is 2. The number of aryl methyl sites for hydroxylation is 2. The number of imide groups is 1. The average Bonchev–Trinajstić information content (AvgIpc) is 4.52. The number of carboxylic acids is 1. The molecule has 6 aliphatic heterocycles. The SMILES string of the molecule is Cc1ccsc1C[C@H](C)Nc1cc[nH]c(=O)c1C1=Nc2cc3c(cc2C1)C(=O)N(CCN1CCCC1)C3=O.Cc1ccsc1C[C@H](C)Nc1cc[nH]c(=O)c1C1=Nc2cc3c(cc2C1)CN(CCN1CCCC1)C3=O.O=C(O)C(F)(F)F. The molecule has 5 N–H and O–H groups in total. The smallest absolute Gasteiger partial charge is 0.475 e. The summed E-state index contributed by atoms with van der Waals surface area (Å²) in [6, 6.07) is 15.9. The predicted molar refractivity (Wildman–Crippen MR) is 314 cm³/mol. The van der Waals surface area contributed by atoms with Crippen molar-refractivity contribution in [1.29, 1.82) is 0 Å². The predicted octanol–water partition coefficient (Wildman–Crippen LogP) is 9.31. The number of hydrogen-bond acceptors (Lipinski definition) is 14. The van der Waals surface area contributed by atoms with Crippen molar-refractivity contribution in [1.82, 2.24) is 29.6 Å². The molecule has 2 saturated heterocycles. The fourth-order valence-electron chi connectivity index (χ4n) is 11.4. The van der Waals surface area contributed by atoms with E-state index in [4.69, 9.17) is 19.9 Å². The van der Waals surface area contributed by atoms with E-state index < -0.39 is 12.1 Å². The molecular weight excluding hydrogens is 1090 g/mol. The van der Waals surface area contributed by atoms with Gasteiger partial charge in [0.25, 0.3) is 28.8 Å². The van der Waals surface area contributed by atoms with Gasteiger partial charge in [0.15, 0.2) is 0 Å². The van der Waals surface area contributed by atoms with E-state index in [1.165, 1.54) is 51.5 Å². The molecule has 12 rings (SSSR count). The highest BCUT2D eigenvalue weighted by Gasteiger charge is 2.39. The first-order chi connectivity index (χ1) is 39.3. The number of alkyl halides is 3. The molecule has 0 unspecified atom stereocenters. The molecule has 17 nitrogen and oxygen atoms in total. The minimum absolute atomic E-state index is 0.0956. The summed E-state index contributed by atoms with van der Waals surface area (Å²) < 4.78 is 31.7. The fraction of sp³-hybridized carbons (Fsp3) is 0.400. The van der Waals surface area contributed by atoms with Crippen molar-refractivity contribution in [2.45, 2.75) is 104 Å². The van der Waals surface area contributed by atoms with Gasteiger partial charge in [0.05, 0.1) is 56.4 Å². The van der Waals surface area contributed by atoms with E-state index in [-0.39, 0.29) is 40.9 Å². The lowest BCUT2D eigenvalue weighted by Gasteiger charge is -2.20. The molecule has 22 heteroatoms. The molecule has 2 fully saturated rings. The van der Waals surface area contributed by atoms with Crippen molar-refractivity contribution < 1.29 is 37.5 Å². The van der Waals surface area contributed by atoms with E-state index >= 15 is 0 Å². The van der Waals surface area contributed by atoms with E-state index in [1.54, 1.807) is 47.2 Å². The van der Waals surface area contributed by atoms with Gasteiger partial charge in [0, 0.05) is 98.2 Å². The second kappa shape index (κ2) is 24.5. The van der Waals surface area contributed by atoms with E-state index in [1.807, 2.05) is 23.1 Å². The van der Waals surface area contributed by atoms with Crippen LogP contribution in [-0.2, 0) is 37.0 Å². The number of aliphatic imine (C=N–C) groups is 2. The number of aliphatic carboxylic acids is 1. The number of pyridine rings is 2. The first kappa shape index (κ1) is 57.7. The van der Waals surface area contributed by atoms with Gasteiger partial charge in [-0.15, -0.1) is 22.7 Å². The first-order valence-corrected chi connectivity index (χ1v) is 29.5. The molecule has 4 aromatic heterocycles. The molecule has 3 amide bonds. The average molecular weight is 1160 g/mol. The minimum atomic E-state index is -5.08. The van der Waals surface area contributed by atoms with Crippen LogP contribution < -0.4 is 21.8 Å². The molecule has 6 aromatic rings. The van der Waals surface area contributed by atoms with E-state index in [0.717, 1.165) is 97.1 Å². The van der Waals surface area contributed by atoms with Crippen LogP contribution in [0.4, 0.5) is 35.9 Å².